The number of benzene rings is 1. The van der Waals surface area contributed by atoms with Crippen molar-refractivity contribution in [3.63, 3.8) is 0 Å². The van der Waals surface area contributed by atoms with Crippen LogP contribution in [0.5, 0.6) is 0 Å². The van der Waals surface area contributed by atoms with Crippen LogP contribution < -0.4 is 5.32 Å². The minimum Gasteiger partial charge on any atom is -0.352 e. The van der Waals surface area contributed by atoms with Crippen LogP contribution >= 0.6 is 0 Å². The van der Waals surface area contributed by atoms with E-state index in [0.717, 1.165) is 42.7 Å². The molecule has 1 aliphatic heterocycles. The van der Waals surface area contributed by atoms with E-state index in [-0.39, 0.29) is 0 Å². The molecule has 138 valence electrons. The number of guanidine groups is 1. The van der Waals surface area contributed by atoms with Crippen LogP contribution in [0.1, 0.15) is 42.6 Å². The van der Waals surface area contributed by atoms with E-state index in [1.807, 2.05) is 18.7 Å². The van der Waals surface area contributed by atoms with Gasteiger partial charge in [-0.1, -0.05) is 24.6 Å². The molecule has 1 saturated carbocycles. The maximum Gasteiger partial charge on any atom is 0.193 e. The summed E-state index contributed by atoms with van der Waals surface area (Å²) in [6.45, 7) is 7.18. The molecule has 1 aromatic carbocycles. The van der Waals surface area contributed by atoms with Crippen molar-refractivity contribution in [2.24, 2.45) is 10.4 Å². The lowest BCUT2D eigenvalue weighted by molar-refractivity contribution is 0.151. The second-order valence-corrected chi connectivity index (χ2v) is 7.89. The van der Waals surface area contributed by atoms with Gasteiger partial charge in [0.2, 0.25) is 0 Å². The molecule has 5 heteroatoms. The third-order valence-electron chi connectivity index (χ3n) is 6.03. The van der Waals surface area contributed by atoms with E-state index >= 15 is 0 Å². The highest BCUT2D eigenvalue weighted by Crippen LogP contribution is 2.47. The molecule has 2 fully saturated rings. The Bertz CT molecular complexity index is 816. The number of para-hydroxylation sites is 1. The van der Waals surface area contributed by atoms with Crippen LogP contribution in [0.3, 0.4) is 0 Å². The van der Waals surface area contributed by atoms with Gasteiger partial charge in [0.1, 0.15) is 0 Å². The maximum absolute atomic E-state index is 4.65. The molecule has 0 bridgehead atoms. The van der Waals surface area contributed by atoms with Crippen LogP contribution in [-0.4, -0.2) is 40.8 Å². The first-order chi connectivity index (χ1) is 12.6. The van der Waals surface area contributed by atoms with Crippen molar-refractivity contribution in [1.29, 1.82) is 0 Å². The summed E-state index contributed by atoms with van der Waals surface area (Å²) < 4.78 is 2.04. The summed E-state index contributed by atoms with van der Waals surface area (Å²) in [5, 5.41) is 8.24. The summed E-state index contributed by atoms with van der Waals surface area (Å²) in [6, 6.07) is 10.6. The fourth-order valence-electron chi connectivity index (χ4n) is 4.45. The van der Waals surface area contributed by atoms with Crippen LogP contribution in [0, 0.1) is 19.3 Å². The van der Waals surface area contributed by atoms with Gasteiger partial charge in [-0.3, -0.25) is 4.99 Å². The van der Waals surface area contributed by atoms with Gasteiger partial charge in [0.05, 0.1) is 11.4 Å². The SMILES string of the molecule is CN=C(NCc1ccccc1-n1nc(C)cc1C)N1CCC2(CCC2)C1. The van der Waals surface area contributed by atoms with Crippen molar-refractivity contribution >= 4 is 5.96 Å². The van der Waals surface area contributed by atoms with Crippen molar-refractivity contribution in [3.05, 3.63) is 47.3 Å². The Morgan fingerprint density at radius 1 is 1.23 bits per heavy atom. The third kappa shape index (κ3) is 3.11. The van der Waals surface area contributed by atoms with Crippen LogP contribution in [-0.2, 0) is 6.54 Å². The van der Waals surface area contributed by atoms with E-state index in [1.165, 1.54) is 31.2 Å². The van der Waals surface area contributed by atoms with E-state index in [4.69, 9.17) is 0 Å². The van der Waals surface area contributed by atoms with Crippen molar-refractivity contribution in [1.82, 2.24) is 20.0 Å². The average molecular weight is 351 g/mol. The zero-order chi connectivity index (χ0) is 18.1. The number of aryl methyl sites for hydroxylation is 2. The van der Waals surface area contributed by atoms with Crippen molar-refractivity contribution in [2.75, 3.05) is 20.1 Å². The molecule has 4 rings (SSSR count). The fourth-order valence-corrected chi connectivity index (χ4v) is 4.45. The standard InChI is InChI=1S/C21H29N5/c1-16-13-17(2)26(24-16)19-8-5-4-7-18(19)14-23-20(22-3)25-12-11-21(15-25)9-6-10-21/h4-5,7-8,13H,6,9-12,14-15H2,1-3H3,(H,22,23). The van der Waals surface area contributed by atoms with E-state index in [0.29, 0.717) is 5.41 Å². The number of aliphatic imine (C=N–C) groups is 1. The summed E-state index contributed by atoms with van der Waals surface area (Å²) in [7, 11) is 1.89. The van der Waals surface area contributed by atoms with Gasteiger partial charge in [0, 0.05) is 32.4 Å². The Morgan fingerprint density at radius 2 is 2.04 bits per heavy atom. The smallest absolute Gasteiger partial charge is 0.193 e. The highest BCUT2D eigenvalue weighted by atomic mass is 15.3. The molecule has 0 radical (unpaired) electrons. The Morgan fingerprint density at radius 3 is 2.65 bits per heavy atom. The molecule has 0 amide bonds. The molecule has 1 N–H and O–H groups in total. The minimum atomic E-state index is 0.583. The van der Waals surface area contributed by atoms with Crippen molar-refractivity contribution in [3.8, 4) is 5.69 Å². The molecule has 0 atom stereocenters. The molecule has 5 nitrogen and oxygen atoms in total. The van der Waals surface area contributed by atoms with Gasteiger partial charge in [-0.25, -0.2) is 4.68 Å². The summed E-state index contributed by atoms with van der Waals surface area (Å²) in [6.07, 6.45) is 5.49. The van der Waals surface area contributed by atoms with Crippen molar-refractivity contribution in [2.45, 2.75) is 46.1 Å². The molecule has 2 aromatic rings. The highest BCUT2D eigenvalue weighted by molar-refractivity contribution is 5.80. The summed E-state index contributed by atoms with van der Waals surface area (Å²) in [5.41, 5.74) is 5.16. The van der Waals surface area contributed by atoms with Gasteiger partial charge in [-0.05, 0) is 56.2 Å². The quantitative estimate of drug-likeness (QED) is 0.681. The number of nitrogens with one attached hydrogen (secondary N) is 1. The van der Waals surface area contributed by atoms with Crippen LogP contribution in [0.4, 0.5) is 0 Å². The molecule has 2 aliphatic rings. The molecular formula is C21H29N5. The van der Waals surface area contributed by atoms with Crippen molar-refractivity contribution < 1.29 is 0 Å². The normalized spacial score (nSPS) is 19.0. The topological polar surface area (TPSA) is 45.5 Å². The highest BCUT2D eigenvalue weighted by Gasteiger charge is 2.43. The lowest BCUT2D eigenvalue weighted by Crippen LogP contribution is -2.42. The van der Waals surface area contributed by atoms with Gasteiger partial charge in [-0.15, -0.1) is 0 Å². The summed E-state index contributed by atoms with van der Waals surface area (Å²) in [5.74, 6) is 1.02. The number of aromatic nitrogens is 2. The van der Waals surface area contributed by atoms with Crippen LogP contribution in [0.15, 0.2) is 35.3 Å². The number of rotatable bonds is 3. The minimum absolute atomic E-state index is 0.583. The first kappa shape index (κ1) is 17.1. The average Bonchev–Trinajstić information content (AvgIpc) is 3.20. The Labute approximate surface area is 156 Å². The first-order valence-corrected chi connectivity index (χ1v) is 9.67. The molecule has 26 heavy (non-hydrogen) atoms. The second kappa shape index (κ2) is 6.78. The number of hydrogen-bond donors (Lipinski definition) is 1. The number of nitrogens with zero attached hydrogens (tertiary/aromatic N) is 4. The molecule has 1 aromatic heterocycles. The van der Waals surface area contributed by atoms with Gasteiger partial charge in [0.15, 0.2) is 5.96 Å². The third-order valence-corrected chi connectivity index (χ3v) is 6.03. The predicted molar refractivity (Wildman–Crippen MR) is 106 cm³/mol. The Kier molecular flexibility index (Phi) is 4.47. The molecule has 0 unspecified atom stereocenters. The van der Waals surface area contributed by atoms with E-state index < -0.39 is 0 Å². The van der Waals surface area contributed by atoms with E-state index in [9.17, 15) is 0 Å². The summed E-state index contributed by atoms with van der Waals surface area (Å²) >= 11 is 0. The van der Waals surface area contributed by atoms with Gasteiger partial charge in [-0.2, -0.15) is 5.10 Å². The lowest BCUT2D eigenvalue weighted by atomic mass is 9.68. The molecule has 2 heterocycles. The maximum atomic E-state index is 4.65. The molecular weight excluding hydrogens is 322 g/mol. The van der Waals surface area contributed by atoms with Crippen LogP contribution in [0.2, 0.25) is 0 Å². The molecule has 1 saturated heterocycles. The number of likely N-dealkylation sites (tertiary alicyclic amines) is 1. The number of hydrogen-bond acceptors (Lipinski definition) is 2. The van der Waals surface area contributed by atoms with Crippen LogP contribution in [0.25, 0.3) is 5.69 Å². The Balaban J connectivity index is 1.48. The predicted octanol–water partition coefficient (Wildman–Crippen LogP) is 3.44. The van der Waals surface area contributed by atoms with E-state index in [2.05, 4.69) is 57.6 Å². The summed E-state index contributed by atoms with van der Waals surface area (Å²) in [4.78, 5) is 6.98. The van der Waals surface area contributed by atoms with E-state index in [1.54, 1.807) is 0 Å². The monoisotopic (exact) mass is 351 g/mol. The zero-order valence-corrected chi connectivity index (χ0v) is 16.1. The molecule has 1 aliphatic carbocycles. The lowest BCUT2D eigenvalue weighted by Gasteiger charge is -2.38. The van der Waals surface area contributed by atoms with Gasteiger partial charge >= 0.3 is 0 Å². The first-order valence-electron chi connectivity index (χ1n) is 9.67. The van der Waals surface area contributed by atoms with Gasteiger partial charge in [0.25, 0.3) is 0 Å². The fraction of sp³-hybridized carbons (Fsp3) is 0.524. The largest absolute Gasteiger partial charge is 0.352 e. The molecule has 1 spiro atoms. The van der Waals surface area contributed by atoms with Gasteiger partial charge < -0.3 is 10.2 Å². The Hall–Kier alpha value is -2.30. The second-order valence-electron chi connectivity index (χ2n) is 7.89. The zero-order valence-electron chi connectivity index (χ0n) is 16.1.